The Morgan fingerprint density at radius 2 is 2.05 bits per heavy atom. The van der Waals surface area contributed by atoms with Crippen molar-refractivity contribution in [2.24, 2.45) is 0 Å². The molecule has 0 N–H and O–H groups in total. The van der Waals surface area contributed by atoms with Gasteiger partial charge in [0.2, 0.25) is 11.8 Å². The molecule has 0 bridgehead atoms. The molecule has 1 atom stereocenters. The van der Waals surface area contributed by atoms with Crippen LogP contribution in [0.15, 0.2) is 53.7 Å². The lowest BCUT2D eigenvalue weighted by Gasteiger charge is -2.15. The molecule has 2 heterocycles. The largest absolute Gasteiger partial charge is 0.274 e. The molecule has 1 saturated heterocycles. The maximum Gasteiger partial charge on any atom is 0.247 e. The Hall–Kier alpha value is -2.14. The average Bonchev–Trinajstić information content (AvgIpc) is 2.74. The van der Waals surface area contributed by atoms with Gasteiger partial charge in [0.1, 0.15) is 0 Å². The van der Waals surface area contributed by atoms with Crippen LogP contribution >= 0.6 is 11.8 Å². The Bertz CT molecular complexity index is 688. The van der Waals surface area contributed by atoms with Crippen LogP contribution in [-0.2, 0) is 9.59 Å². The monoisotopic (exact) mass is 298 g/mol. The molecule has 1 fully saturated rings. The summed E-state index contributed by atoms with van der Waals surface area (Å²) in [5.41, 5.74) is 1.67. The Balaban J connectivity index is 1.82. The zero-order valence-electron chi connectivity index (χ0n) is 11.5. The summed E-state index contributed by atoms with van der Waals surface area (Å²) in [6.45, 7) is 1.94. The number of aromatic nitrogens is 1. The summed E-state index contributed by atoms with van der Waals surface area (Å²) < 4.78 is 0. The van der Waals surface area contributed by atoms with E-state index in [0.29, 0.717) is 5.69 Å². The minimum absolute atomic E-state index is 0.154. The van der Waals surface area contributed by atoms with E-state index in [1.165, 1.54) is 16.7 Å². The number of benzene rings is 1. The molecule has 21 heavy (non-hydrogen) atoms. The van der Waals surface area contributed by atoms with Crippen LogP contribution in [0, 0.1) is 6.92 Å². The summed E-state index contributed by atoms with van der Waals surface area (Å²) >= 11 is 1.34. The third-order valence-electron chi connectivity index (χ3n) is 3.27. The number of anilines is 1. The van der Waals surface area contributed by atoms with Gasteiger partial charge in [-0.15, -0.1) is 0 Å². The van der Waals surface area contributed by atoms with E-state index >= 15 is 0 Å². The summed E-state index contributed by atoms with van der Waals surface area (Å²) in [5.74, 6) is -0.319. The van der Waals surface area contributed by atoms with Crippen LogP contribution in [0.5, 0.6) is 0 Å². The molecule has 4 nitrogen and oxygen atoms in total. The van der Waals surface area contributed by atoms with Crippen molar-refractivity contribution in [3.8, 4) is 0 Å². The van der Waals surface area contributed by atoms with Gasteiger partial charge in [0.25, 0.3) is 0 Å². The lowest BCUT2D eigenvalue weighted by molar-refractivity contribution is -0.121. The Morgan fingerprint density at radius 3 is 2.76 bits per heavy atom. The van der Waals surface area contributed by atoms with E-state index in [1.807, 2.05) is 43.3 Å². The van der Waals surface area contributed by atoms with Crippen LogP contribution in [-0.4, -0.2) is 22.0 Å². The number of carbonyl (C=O) groups is 2. The lowest BCUT2D eigenvalue weighted by Crippen LogP contribution is -2.31. The van der Waals surface area contributed by atoms with Crippen molar-refractivity contribution in [2.75, 3.05) is 4.90 Å². The molecule has 1 unspecified atom stereocenters. The number of imide groups is 1. The van der Waals surface area contributed by atoms with Gasteiger partial charge in [0, 0.05) is 12.6 Å². The van der Waals surface area contributed by atoms with E-state index in [1.54, 1.807) is 12.3 Å². The van der Waals surface area contributed by atoms with Crippen LogP contribution in [0.1, 0.15) is 12.0 Å². The van der Waals surface area contributed by atoms with Crippen LogP contribution < -0.4 is 4.90 Å². The van der Waals surface area contributed by atoms with E-state index < -0.39 is 5.25 Å². The molecule has 0 spiro atoms. The summed E-state index contributed by atoms with van der Waals surface area (Å²) in [6.07, 6.45) is 1.90. The maximum absolute atomic E-state index is 12.5. The Morgan fingerprint density at radius 1 is 1.19 bits per heavy atom. The summed E-state index contributed by atoms with van der Waals surface area (Å²) in [6, 6.07) is 13.0. The predicted octanol–water partition coefficient (Wildman–Crippen LogP) is 2.81. The standard InChI is InChI=1S/C16H14N2O2S/c1-11-5-4-6-12(9-11)18-15(19)10-13(16(18)20)21-14-7-2-3-8-17-14/h2-9,13H,10H2,1H3. The van der Waals surface area contributed by atoms with E-state index in [2.05, 4.69) is 4.98 Å². The number of pyridine rings is 1. The second-order valence-electron chi connectivity index (χ2n) is 4.88. The number of hydrogen-bond acceptors (Lipinski definition) is 4. The number of rotatable bonds is 3. The summed E-state index contributed by atoms with van der Waals surface area (Å²) in [5, 5.41) is 0.364. The second kappa shape index (κ2) is 5.69. The lowest BCUT2D eigenvalue weighted by atomic mass is 10.2. The molecule has 1 aliphatic rings. The third kappa shape index (κ3) is 2.83. The molecule has 0 aliphatic carbocycles. The van der Waals surface area contributed by atoms with Gasteiger partial charge in [0.05, 0.1) is 16.0 Å². The normalized spacial score (nSPS) is 18.3. The first-order chi connectivity index (χ1) is 10.1. The number of aryl methyl sites for hydroxylation is 1. The Kier molecular flexibility index (Phi) is 3.75. The number of hydrogen-bond donors (Lipinski definition) is 0. The fourth-order valence-electron chi connectivity index (χ4n) is 2.30. The van der Waals surface area contributed by atoms with Crippen molar-refractivity contribution in [1.29, 1.82) is 0 Å². The second-order valence-corrected chi connectivity index (χ2v) is 6.11. The molecule has 3 rings (SSSR count). The maximum atomic E-state index is 12.5. The molecular formula is C16H14N2O2S. The smallest absolute Gasteiger partial charge is 0.247 e. The van der Waals surface area contributed by atoms with Gasteiger partial charge in [-0.1, -0.05) is 30.0 Å². The molecular weight excluding hydrogens is 284 g/mol. The first-order valence-electron chi connectivity index (χ1n) is 6.66. The van der Waals surface area contributed by atoms with Gasteiger partial charge in [-0.25, -0.2) is 9.88 Å². The van der Waals surface area contributed by atoms with Gasteiger partial charge in [-0.3, -0.25) is 9.59 Å². The Labute approximate surface area is 127 Å². The van der Waals surface area contributed by atoms with Gasteiger partial charge in [-0.05, 0) is 36.8 Å². The van der Waals surface area contributed by atoms with Crippen molar-refractivity contribution >= 4 is 29.3 Å². The van der Waals surface area contributed by atoms with E-state index in [0.717, 1.165) is 10.6 Å². The van der Waals surface area contributed by atoms with Crippen LogP contribution in [0.3, 0.4) is 0 Å². The zero-order valence-corrected chi connectivity index (χ0v) is 12.3. The minimum atomic E-state index is -0.395. The summed E-state index contributed by atoms with van der Waals surface area (Å²) in [7, 11) is 0. The molecule has 2 aromatic rings. The SMILES string of the molecule is Cc1cccc(N2C(=O)CC(Sc3ccccn3)C2=O)c1. The molecule has 1 aromatic heterocycles. The molecule has 106 valence electrons. The predicted molar refractivity (Wildman–Crippen MR) is 82.2 cm³/mol. The average molecular weight is 298 g/mol. The van der Waals surface area contributed by atoms with Crippen LogP contribution in [0.2, 0.25) is 0 Å². The topological polar surface area (TPSA) is 50.3 Å². The van der Waals surface area contributed by atoms with Gasteiger partial charge < -0.3 is 0 Å². The van der Waals surface area contributed by atoms with Crippen molar-refractivity contribution < 1.29 is 9.59 Å². The van der Waals surface area contributed by atoms with Gasteiger partial charge in [0.15, 0.2) is 0 Å². The highest BCUT2D eigenvalue weighted by molar-refractivity contribution is 8.00. The number of nitrogens with zero attached hydrogens (tertiary/aromatic N) is 2. The van der Waals surface area contributed by atoms with E-state index in [-0.39, 0.29) is 18.2 Å². The zero-order chi connectivity index (χ0) is 14.8. The highest BCUT2D eigenvalue weighted by Crippen LogP contribution is 2.33. The highest BCUT2D eigenvalue weighted by atomic mass is 32.2. The molecule has 2 amide bonds. The molecule has 0 saturated carbocycles. The number of carbonyl (C=O) groups excluding carboxylic acids is 2. The van der Waals surface area contributed by atoms with Crippen molar-refractivity contribution in [1.82, 2.24) is 4.98 Å². The summed E-state index contributed by atoms with van der Waals surface area (Å²) in [4.78, 5) is 30.1. The quantitative estimate of drug-likeness (QED) is 0.818. The molecule has 5 heteroatoms. The molecule has 0 radical (unpaired) electrons. The van der Waals surface area contributed by atoms with Crippen LogP contribution in [0.4, 0.5) is 5.69 Å². The van der Waals surface area contributed by atoms with Crippen molar-refractivity contribution in [2.45, 2.75) is 23.6 Å². The number of thioether (sulfide) groups is 1. The van der Waals surface area contributed by atoms with Gasteiger partial charge in [-0.2, -0.15) is 0 Å². The highest BCUT2D eigenvalue weighted by Gasteiger charge is 2.40. The van der Waals surface area contributed by atoms with Crippen molar-refractivity contribution in [3.63, 3.8) is 0 Å². The van der Waals surface area contributed by atoms with E-state index in [9.17, 15) is 9.59 Å². The van der Waals surface area contributed by atoms with Crippen LogP contribution in [0.25, 0.3) is 0 Å². The van der Waals surface area contributed by atoms with E-state index in [4.69, 9.17) is 0 Å². The molecule has 1 aliphatic heterocycles. The fraction of sp³-hybridized carbons (Fsp3) is 0.188. The van der Waals surface area contributed by atoms with Crippen molar-refractivity contribution in [3.05, 3.63) is 54.2 Å². The third-order valence-corrected chi connectivity index (χ3v) is 4.40. The molecule has 1 aromatic carbocycles. The first kappa shape index (κ1) is 13.8. The minimum Gasteiger partial charge on any atom is -0.274 e. The fourth-order valence-corrected chi connectivity index (χ4v) is 3.30. The first-order valence-corrected chi connectivity index (χ1v) is 7.54. The number of amides is 2. The van der Waals surface area contributed by atoms with Gasteiger partial charge >= 0.3 is 0 Å².